The Kier molecular flexibility index (Phi) is 3.07. The third-order valence-electron chi connectivity index (χ3n) is 3.71. The summed E-state index contributed by atoms with van der Waals surface area (Å²) in [5.41, 5.74) is 6.92. The summed E-state index contributed by atoms with van der Waals surface area (Å²) in [6, 6.07) is 4.00. The van der Waals surface area contributed by atoms with Crippen molar-refractivity contribution in [1.82, 2.24) is 9.97 Å². The molecule has 2 aromatic rings. The Balaban J connectivity index is 1.96. The van der Waals surface area contributed by atoms with E-state index >= 15 is 0 Å². The zero-order chi connectivity index (χ0) is 11.7. The molecule has 3 nitrogen and oxygen atoms in total. The van der Waals surface area contributed by atoms with E-state index in [1.165, 1.54) is 30.7 Å². The number of thiazole rings is 1. The van der Waals surface area contributed by atoms with Gasteiger partial charge in [-0.25, -0.2) is 9.97 Å². The van der Waals surface area contributed by atoms with E-state index in [4.69, 9.17) is 10.7 Å². The Bertz CT molecular complexity index is 475. The van der Waals surface area contributed by atoms with Crippen molar-refractivity contribution in [3.63, 3.8) is 0 Å². The average Bonchev–Trinajstić information content (AvgIpc) is 2.82. The van der Waals surface area contributed by atoms with E-state index < -0.39 is 0 Å². The van der Waals surface area contributed by atoms with Crippen molar-refractivity contribution < 1.29 is 0 Å². The molecule has 1 fully saturated rings. The van der Waals surface area contributed by atoms with E-state index in [0.717, 1.165) is 16.9 Å². The molecule has 1 saturated carbocycles. The molecule has 90 valence electrons. The maximum Gasteiger partial charge on any atom is 0.143 e. The summed E-state index contributed by atoms with van der Waals surface area (Å²) in [4.78, 5) is 10.2. The molecule has 2 N–H and O–H groups in total. The van der Waals surface area contributed by atoms with Gasteiger partial charge in [-0.1, -0.05) is 24.2 Å². The van der Waals surface area contributed by atoms with Crippen LogP contribution in [-0.4, -0.2) is 16.5 Å². The topological polar surface area (TPSA) is 51.8 Å². The van der Waals surface area contributed by atoms with Gasteiger partial charge >= 0.3 is 0 Å². The predicted molar refractivity (Wildman–Crippen MR) is 71.2 cm³/mol. The predicted octanol–water partition coefficient (Wildman–Crippen LogP) is 2.92. The fourth-order valence-corrected chi connectivity index (χ4v) is 3.90. The largest absolute Gasteiger partial charge is 0.330 e. The second kappa shape index (κ2) is 4.70. The highest BCUT2D eigenvalue weighted by Crippen LogP contribution is 2.39. The van der Waals surface area contributed by atoms with Crippen molar-refractivity contribution in [1.29, 1.82) is 0 Å². The lowest BCUT2D eigenvalue weighted by Crippen LogP contribution is -2.25. The maximum atomic E-state index is 5.89. The van der Waals surface area contributed by atoms with Gasteiger partial charge in [-0.3, -0.25) is 0 Å². The Morgan fingerprint density at radius 2 is 2.24 bits per heavy atom. The highest BCUT2D eigenvalue weighted by Gasteiger charge is 2.27. The van der Waals surface area contributed by atoms with Crippen LogP contribution in [0, 0.1) is 5.92 Å². The second-order valence-corrected chi connectivity index (χ2v) is 5.78. The molecule has 17 heavy (non-hydrogen) atoms. The van der Waals surface area contributed by atoms with Gasteiger partial charge in [0.05, 0.1) is 5.01 Å². The van der Waals surface area contributed by atoms with E-state index in [1.54, 1.807) is 11.3 Å². The van der Waals surface area contributed by atoms with Gasteiger partial charge in [0.2, 0.25) is 0 Å². The van der Waals surface area contributed by atoms with Gasteiger partial charge in [0.1, 0.15) is 10.3 Å². The summed E-state index contributed by atoms with van der Waals surface area (Å²) in [7, 11) is 0. The van der Waals surface area contributed by atoms with E-state index in [-0.39, 0.29) is 0 Å². The minimum absolute atomic E-state index is 0.563. The molecule has 0 amide bonds. The summed E-state index contributed by atoms with van der Waals surface area (Å²) in [6.45, 7) is 0.786. The van der Waals surface area contributed by atoms with Gasteiger partial charge in [0.25, 0.3) is 0 Å². The highest BCUT2D eigenvalue weighted by atomic mass is 32.1. The highest BCUT2D eigenvalue weighted by molar-refractivity contribution is 7.18. The van der Waals surface area contributed by atoms with Crippen molar-refractivity contribution in [2.75, 3.05) is 6.54 Å². The number of rotatable bonds is 2. The molecule has 2 unspecified atom stereocenters. The zero-order valence-corrected chi connectivity index (χ0v) is 10.6. The number of nitrogens with zero attached hydrogens (tertiary/aromatic N) is 2. The molecular formula is C13H17N3S. The summed E-state index contributed by atoms with van der Waals surface area (Å²) >= 11 is 1.75. The molecular weight excluding hydrogens is 230 g/mol. The second-order valence-electron chi connectivity index (χ2n) is 4.77. The minimum Gasteiger partial charge on any atom is -0.330 e. The molecule has 0 radical (unpaired) electrons. The molecule has 0 spiro atoms. The summed E-state index contributed by atoms with van der Waals surface area (Å²) in [5, 5.41) is 1.24. The third-order valence-corrected chi connectivity index (χ3v) is 4.82. The van der Waals surface area contributed by atoms with Crippen molar-refractivity contribution in [2.24, 2.45) is 11.7 Å². The first-order valence-corrected chi connectivity index (χ1v) is 7.11. The maximum absolute atomic E-state index is 5.89. The molecule has 0 bridgehead atoms. The Morgan fingerprint density at radius 3 is 3.06 bits per heavy atom. The number of pyridine rings is 1. The summed E-state index contributed by atoms with van der Waals surface area (Å²) in [6.07, 6.45) is 6.96. The van der Waals surface area contributed by atoms with Gasteiger partial charge < -0.3 is 5.73 Å². The standard InChI is InChI=1S/C13H17N3S/c14-8-9-4-1-2-5-10(9)12-16-11-6-3-7-15-13(11)17-12/h3,6-7,9-10H,1-2,4-5,8,14H2. The Labute approximate surface area is 105 Å². The molecule has 2 atom stereocenters. The van der Waals surface area contributed by atoms with E-state index in [0.29, 0.717) is 11.8 Å². The van der Waals surface area contributed by atoms with Crippen molar-refractivity contribution in [2.45, 2.75) is 31.6 Å². The molecule has 2 heterocycles. The van der Waals surface area contributed by atoms with Crippen molar-refractivity contribution >= 4 is 21.7 Å². The van der Waals surface area contributed by atoms with Crippen LogP contribution in [0.5, 0.6) is 0 Å². The lowest BCUT2D eigenvalue weighted by molar-refractivity contribution is 0.314. The Hall–Kier alpha value is -1.00. The average molecular weight is 247 g/mol. The number of hydrogen-bond acceptors (Lipinski definition) is 4. The van der Waals surface area contributed by atoms with E-state index in [9.17, 15) is 0 Å². The quantitative estimate of drug-likeness (QED) is 0.887. The fraction of sp³-hybridized carbons (Fsp3) is 0.538. The number of nitrogens with two attached hydrogens (primary N) is 1. The SMILES string of the molecule is NCC1CCCCC1c1nc2cccnc2s1. The van der Waals surface area contributed by atoms with Crippen LogP contribution < -0.4 is 5.73 Å². The first-order chi connectivity index (χ1) is 8.38. The molecule has 0 aliphatic heterocycles. The first-order valence-electron chi connectivity index (χ1n) is 6.30. The van der Waals surface area contributed by atoms with Gasteiger partial charge in [-0.15, -0.1) is 0 Å². The van der Waals surface area contributed by atoms with Gasteiger partial charge in [-0.2, -0.15) is 0 Å². The molecule has 1 aliphatic rings. The number of hydrogen-bond donors (Lipinski definition) is 1. The van der Waals surface area contributed by atoms with Crippen LogP contribution in [0.4, 0.5) is 0 Å². The number of fused-ring (bicyclic) bond motifs is 1. The fourth-order valence-electron chi connectivity index (χ4n) is 2.76. The lowest BCUT2D eigenvalue weighted by atomic mass is 9.79. The van der Waals surface area contributed by atoms with Crippen LogP contribution in [0.2, 0.25) is 0 Å². The summed E-state index contributed by atoms with van der Waals surface area (Å²) in [5.74, 6) is 1.18. The normalized spacial score (nSPS) is 25.2. The van der Waals surface area contributed by atoms with Crippen LogP contribution in [0.25, 0.3) is 10.3 Å². The van der Waals surface area contributed by atoms with Crippen LogP contribution >= 0.6 is 11.3 Å². The van der Waals surface area contributed by atoms with Gasteiger partial charge in [-0.05, 0) is 37.4 Å². The minimum atomic E-state index is 0.563. The van der Waals surface area contributed by atoms with Crippen LogP contribution in [0.15, 0.2) is 18.3 Å². The van der Waals surface area contributed by atoms with Crippen LogP contribution in [0.3, 0.4) is 0 Å². The summed E-state index contributed by atoms with van der Waals surface area (Å²) < 4.78 is 0. The van der Waals surface area contributed by atoms with Crippen molar-refractivity contribution in [3.05, 3.63) is 23.3 Å². The molecule has 4 heteroatoms. The lowest BCUT2D eigenvalue weighted by Gasteiger charge is -2.28. The monoisotopic (exact) mass is 247 g/mol. The Morgan fingerprint density at radius 1 is 1.35 bits per heavy atom. The van der Waals surface area contributed by atoms with E-state index in [2.05, 4.69) is 4.98 Å². The van der Waals surface area contributed by atoms with Crippen molar-refractivity contribution in [3.8, 4) is 0 Å². The smallest absolute Gasteiger partial charge is 0.143 e. The first kappa shape index (κ1) is 11.1. The van der Waals surface area contributed by atoms with Gasteiger partial charge in [0, 0.05) is 12.1 Å². The molecule has 0 saturated heterocycles. The number of aromatic nitrogens is 2. The molecule has 2 aromatic heterocycles. The van der Waals surface area contributed by atoms with Crippen LogP contribution in [-0.2, 0) is 0 Å². The van der Waals surface area contributed by atoms with Crippen LogP contribution in [0.1, 0.15) is 36.6 Å². The van der Waals surface area contributed by atoms with Gasteiger partial charge in [0.15, 0.2) is 0 Å². The molecule has 0 aromatic carbocycles. The molecule has 3 rings (SSSR count). The van der Waals surface area contributed by atoms with E-state index in [1.807, 2.05) is 18.3 Å². The zero-order valence-electron chi connectivity index (χ0n) is 9.80. The molecule has 1 aliphatic carbocycles. The third kappa shape index (κ3) is 2.07.